The molecule has 5 heterocycles. The Hall–Kier alpha value is -5.33. The lowest BCUT2D eigenvalue weighted by atomic mass is 10.1. The van der Waals surface area contributed by atoms with Crippen molar-refractivity contribution in [2.24, 2.45) is 0 Å². The first-order valence-electron chi connectivity index (χ1n) is 13.5. The Balaban J connectivity index is 1.57. The van der Waals surface area contributed by atoms with Crippen LogP contribution in [0.25, 0.3) is 76.7 Å². The lowest BCUT2D eigenvalue weighted by molar-refractivity contribution is 1.11. The molecule has 9 aromatic rings. The number of hydrogen-bond acceptors (Lipinski definition) is 4. The standard InChI is InChI=1S/C35H21N5S/c1-2-10-22(11-3-1)39-34-30-28(40-26-15-6-4-12-23(26)24-13-5-7-16-27(24)40)18-20-37-33(30)31-25(14-8-19-36-31)32(34)38-35(39)29-17-9-21-41-29/h1-21H. The number of pyridine rings is 2. The molecule has 0 aliphatic carbocycles. The fraction of sp³-hybridized carbons (Fsp3) is 0. The van der Waals surface area contributed by atoms with Gasteiger partial charge in [-0.05, 0) is 53.9 Å². The Labute approximate surface area is 238 Å². The van der Waals surface area contributed by atoms with Gasteiger partial charge in [0.05, 0.1) is 43.5 Å². The van der Waals surface area contributed by atoms with Crippen molar-refractivity contribution in [2.45, 2.75) is 0 Å². The normalized spacial score (nSPS) is 11.9. The third-order valence-electron chi connectivity index (χ3n) is 7.91. The predicted molar refractivity (Wildman–Crippen MR) is 169 cm³/mol. The summed E-state index contributed by atoms with van der Waals surface area (Å²) in [6, 6.07) is 38.2. The monoisotopic (exact) mass is 543 g/mol. The Bertz CT molecular complexity index is 2360. The third-order valence-corrected chi connectivity index (χ3v) is 8.77. The van der Waals surface area contributed by atoms with E-state index in [-0.39, 0.29) is 0 Å². The maximum Gasteiger partial charge on any atom is 0.155 e. The molecule has 6 heteroatoms. The second-order valence-corrected chi connectivity index (χ2v) is 11.1. The lowest BCUT2D eigenvalue weighted by Crippen LogP contribution is -2.01. The fourth-order valence-electron chi connectivity index (χ4n) is 6.26. The molecule has 0 atom stereocenters. The zero-order valence-corrected chi connectivity index (χ0v) is 22.6. The van der Waals surface area contributed by atoms with Crippen molar-refractivity contribution < 1.29 is 0 Å². The maximum atomic E-state index is 5.35. The van der Waals surface area contributed by atoms with E-state index in [1.165, 1.54) is 10.8 Å². The topological polar surface area (TPSA) is 48.5 Å². The minimum Gasteiger partial charge on any atom is -0.308 e. The molecular weight excluding hydrogens is 522 g/mol. The summed E-state index contributed by atoms with van der Waals surface area (Å²) >= 11 is 1.70. The average molecular weight is 544 g/mol. The summed E-state index contributed by atoms with van der Waals surface area (Å²) in [5.41, 5.74) is 8.08. The van der Waals surface area contributed by atoms with Crippen molar-refractivity contribution >= 4 is 66.0 Å². The number of benzene rings is 4. The highest BCUT2D eigenvalue weighted by atomic mass is 32.1. The van der Waals surface area contributed by atoms with Gasteiger partial charge in [-0.25, -0.2) is 4.98 Å². The first-order chi connectivity index (χ1) is 20.4. The second-order valence-electron chi connectivity index (χ2n) is 10.1. The summed E-state index contributed by atoms with van der Waals surface area (Å²) in [6.45, 7) is 0. The zero-order valence-electron chi connectivity index (χ0n) is 21.8. The Morgan fingerprint density at radius 3 is 2.00 bits per heavy atom. The van der Waals surface area contributed by atoms with E-state index < -0.39 is 0 Å². The van der Waals surface area contributed by atoms with Gasteiger partial charge in [0.2, 0.25) is 0 Å². The first kappa shape index (κ1) is 22.5. The minimum absolute atomic E-state index is 0.855. The van der Waals surface area contributed by atoms with Crippen molar-refractivity contribution in [1.82, 2.24) is 24.1 Å². The predicted octanol–water partition coefficient (Wildman–Crippen LogP) is 8.95. The molecule has 4 aromatic carbocycles. The first-order valence-corrected chi connectivity index (χ1v) is 14.4. The molecule has 0 unspecified atom stereocenters. The average Bonchev–Trinajstić information content (AvgIpc) is 3.78. The summed E-state index contributed by atoms with van der Waals surface area (Å²) in [7, 11) is 0. The van der Waals surface area contributed by atoms with E-state index in [0.29, 0.717) is 0 Å². The number of imidazole rings is 1. The van der Waals surface area contributed by atoms with Crippen LogP contribution in [0, 0.1) is 0 Å². The van der Waals surface area contributed by atoms with Crippen molar-refractivity contribution in [1.29, 1.82) is 0 Å². The fourth-order valence-corrected chi connectivity index (χ4v) is 6.96. The number of hydrogen-bond donors (Lipinski definition) is 0. The van der Waals surface area contributed by atoms with Gasteiger partial charge in [0.25, 0.3) is 0 Å². The number of thiophene rings is 1. The largest absolute Gasteiger partial charge is 0.308 e. The van der Waals surface area contributed by atoms with Crippen molar-refractivity contribution in [3.05, 3.63) is 127 Å². The van der Waals surface area contributed by atoms with E-state index in [1.54, 1.807) is 11.3 Å². The zero-order chi connectivity index (χ0) is 26.9. The van der Waals surface area contributed by atoms with Gasteiger partial charge in [-0.2, -0.15) is 0 Å². The number of rotatable bonds is 3. The Morgan fingerprint density at radius 2 is 1.24 bits per heavy atom. The van der Waals surface area contributed by atoms with Gasteiger partial charge in [-0.3, -0.25) is 14.5 Å². The van der Waals surface area contributed by atoms with Crippen LogP contribution in [0.15, 0.2) is 127 Å². The smallest absolute Gasteiger partial charge is 0.155 e. The minimum atomic E-state index is 0.855. The summed E-state index contributed by atoms with van der Waals surface area (Å²) in [5, 5.41) is 6.57. The molecule has 5 aromatic heterocycles. The molecular formula is C35H21N5S. The van der Waals surface area contributed by atoms with Gasteiger partial charge in [0.15, 0.2) is 5.82 Å². The van der Waals surface area contributed by atoms with Crippen LogP contribution in [0.2, 0.25) is 0 Å². The van der Waals surface area contributed by atoms with Gasteiger partial charge < -0.3 is 4.57 Å². The van der Waals surface area contributed by atoms with E-state index in [4.69, 9.17) is 15.0 Å². The van der Waals surface area contributed by atoms with Crippen molar-refractivity contribution in [3.8, 4) is 22.1 Å². The highest BCUT2D eigenvalue weighted by molar-refractivity contribution is 7.13. The van der Waals surface area contributed by atoms with E-state index in [2.05, 4.69) is 118 Å². The molecule has 0 spiro atoms. The molecule has 192 valence electrons. The van der Waals surface area contributed by atoms with E-state index in [0.717, 1.165) is 65.9 Å². The van der Waals surface area contributed by atoms with Crippen LogP contribution in [0.3, 0.4) is 0 Å². The molecule has 0 fully saturated rings. The highest BCUT2D eigenvalue weighted by Gasteiger charge is 2.24. The SMILES string of the molecule is c1ccc(-n2c(-c3cccs3)nc3c4cccnc4c4nccc(-n5c6ccccc6c6ccccc65)c4c32)cc1. The number of fused-ring (bicyclic) bond motifs is 9. The van der Waals surface area contributed by atoms with Crippen LogP contribution in [-0.2, 0) is 0 Å². The molecule has 5 nitrogen and oxygen atoms in total. The molecule has 41 heavy (non-hydrogen) atoms. The van der Waals surface area contributed by atoms with E-state index in [1.807, 2.05) is 18.5 Å². The van der Waals surface area contributed by atoms with Crippen molar-refractivity contribution in [3.63, 3.8) is 0 Å². The maximum absolute atomic E-state index is 5.35. The van der Waals surface area contributed by atoms with Gasteiger partial charge >= 0.3 is 0 Å². The summed E-state index contributed by atoms with van der Waals surface area (Å²) in [6.07, 6.45) is 3.75. The Kier molecular flexibility index (Phi) is 4.71. The number of nitrogens with zero attached hydrogens (tertiary/aromatic N) is 5. The molecule has 0 radical (unpaired) electrons. The van der Waals surface area contributed by atoms with E-state index >= 15 is 0 Å². The van der Waals surface area contributed by atoms with Gasteiger partial charge in [-0.1, -0.05) is 60.7 Å². The van der Waals surface area contributed by atoms with Crippen LogP contribution >= 0.6 is 11.3 Å². The molecule has 0 saturated carbocycles. The number of para-hydroxylation sites is 3. The summed E-state index contributed by atoms with van der Waals surface area (Å²) in [4.78, 5) is 16.3. The summed E-state index contributed by atoms with van der Waals surface area (Å²) < 4.78 is 4.67. The van der Waals surface area contributed by atoms with Crippen LogP contribution in [-0.4, -0.2) is 24.1 Å². The number of aromatic nitrogens is 5. The van der Waals surface area contributed by atoms with Crippen molar-refractivity contribution in [2.75, 3.05) is 0 Å². The van der Waals surface area contributed by atoms with Crippen LogP contribution in [0.1, 0.15) is 0 Å². The van der Waals surface area contributed by atoms with Gasteiger partial charge in [-0.15, -0.1) is 11.3 Å². The molecule has 0 N–H and O–H groups in total. The van der Waals surface area contributed by atoms with Gasteiger partial charge in [0, 0.05) is 34.2 Å². The van der Waals surface area contributed by atoms with E-state index in [9.17, 15) is 0 Å². The Morgan fingerprint density at radius 1 is 0.537 bits per heavy atom. The lowest BCUT2D eigenvalue weighted by Gasteiger charge is -2.16. The molecule has 0 bridgehead atoms. The quantitative estimate of drug-likeness (QED) is 0.209. The highest BCUT2D eigenvalue weighted by Crippen LogP contribution is 2.42. The third kappa shape index (κ3) is 3.13. The molecule has 0 saturated heterocycles. The molecule has 9 rings (SSSR count). The second kappa shape index (κ2) is 8.58. The van der Waals surface area contributed by atoms with Gasteiger partial charge in [0.1, 0.15) is 5.52 Å². The van der Waals surface area contributed by atoms with Crippen LogP contribution < -0.4 is 0 Å². The molecule has 0 amide bonds. The van der Waals surface area contributed by atoms with Crippen LogP contribution in [0.5, 0.6) is 0 Å². The summed E-state index contributed by atoms with van der Waals surface area (Å²) in [5.74, 6) is 0.913. The molecule has 0 aliphatic heterocycles. The van der Waals surface area contributed by atoms with Crippen LogP contribution in [0.4, 0.5) is 0 Å². The molecule has 0 aliphatic rings.